The van der Waals surface area contributed by atoms with Gasteiger partial charge in [0.15, 0.2) is 5.78 Å². The van der Waals surface area contributed by atoms with E-state index in [1.165, 1.54) is 17.8 Å². The maximum absolute atomic E-state index is 12.0. The summed E-state index contributed by atoms with van der Waals surface area (Å²) >= 11 is 1.69. The number of thiazole rings is 1. The minimum absolute atomic E-state index is 0.152. The molecule has 0 spiro atoms. The molecule has 0 radical (unpaired) electrons. The van der Waals surface area contributed by atoms with Crippen LogP contribution in [0.15, 0.2) is 35.7 Å². The van der Waals surface area contributed by atoms with Gasteiger partial charge in [0.1, 0.15) is 0 Å². The minimum Gasteiger partial charge on any atom is -0.294 e. The lowest BCUT2D eigenvalue weighted by atomic mass is 10.1. The standard InChI is InChI=1S/C15H15NOS/c17-14(12-4-2-1-3-5-12)9-13-10-18-15(16-13)8-11-6-7-11/h1-5,10-11H,6-9H2. The number of aromatic nitrogens is 1. The number of hydrogen-bond acceptors (Lipinski definition) is 3. The highest BCUT2D eigenvalue weighted by Crippen LogP contribution is 2.33. The van der Waals surface area contributed by atoms with Crippen molar-refractivity contribution in [3.8, 4) is 0 Å². The van der Waals surface area contributed by atoms with Crippen molar-refractivity contribution in [1.29, 1.82) is 0 Å². The molecule has 1 aromatic heterocycles. The molecule has 1 heterocycles. The molecule has 3 heteroatoms. The highest BCUT2D eigenvalue weighted by molar-refractivity contribution is 7.09. The van der Waals surface area contributed by atoms with Crippen LogP contribution in [0.2, 0.25) is 0 Å². The van der Waals surface area contributed by atoms with Crippen molar-refractivity contribution in [1.82, 2.24) is 4.98 Å². The van der Waals surface area contributed by atoms with Gasteiger partial charge in [-0.25, -0.2) is 4.98 Å². The van der Waals surface area contributed by atoms with Crippen molar-refractivity contribution >= 4 is 17.1 Å². The Morgan fingerprint density at radius 3 is 2.78 bits per heavy atom. The number of benzene rings is 1. The first-order valence-corrected chi connectivity index (χ1v) is 7.21. The van der Waals surface area contributed by atoms with E-state index in [9.17, 15) is 4.79 Å². The molecule has 1 fully saturated rings. The minimum atomic E-state index is 0.152. The molecule has 0 amide bonds. The largest absolute Gasteiger partial charge is 0.294 e. The Kier molecular flexibility index (Phi) is 3.24. The van der Waals surface area contributed by atoms with Gasteiger partial charge >= 0.3 is 0 Å². The molecule has 2 nitrogen and oxygen atoms in total. The predicted molar refractivity (Wildman–Crippen MR) is 73.0 cm³/mol. The second-order valence-electron chi connectivity index (χ2n) is 4.85. The second-order valence-corrected chi connectivity index (χ2v) is 5.79. The zero-order valence-electron chi connectivity index (χ0n) is 10.1. The number of nitrogens with zero attached hydrogens (tertiary/aromatic N) is 1. The lowest BCUT2D eigenvalue weighted by Crippen LogP contribution is -2.03. The third kappa shape index (κ3) is 2.85. The van der Waals surface area contributed by atoms with E-state index >= 15 is 0 Å². The van der Waals surface area contributed by atoms with E-state index in [0.29, 0.717) is 6.42 Å². The summed E-state index contributed by atoms with van der Waals surface area (Å²) in [7, 11) is 0. The molecule has 0 atom stereocenters. The molecule has 0 N–H and O–H groups in total. The SMILES string of the molecule is O=C(Cc1csc(CC2CC2)n1)c1ccccc1. The van der Waals surface area contributed by atoms with Crippen LogP contribution in [0.3, 0.4) is 0 Å². The number of hydrogen-bond donors (Lipinski definition) is 0. The van der Waals surface area contributed by atoms with Gasteiger partial charge in [-0.05, 0) is 18.8 Å². The zero-order valence-corrected chi connectivity index (χ0v) is 11.0. The summed E-state index contributed by atoms with van der Waals surface area (Å²) in [6, 6.07) is 9.44. The summed E-state index contributed by atoms with van der Waals surface area (Å²) in [5.41, 5.74) is 1.69. The van der Waals surface area contributed by atoms with Crippen molar-refractivity contribution in [3.05, 3.63) is 52.0 Å². The van der Waals surface area contributed by atoms with Crippen molar-refractivity contribution in [2.45, 2.75) is 25.7 Å². The van der Waals surface area contributed by atoms with Gasteiger partial charge in [-0.1, -0.05) is 30.3 Å². The van der Waals surface area contributed by atoms with Gasteiger partial charge in [0, 0.05) is 17.4 Å². The summed E-state index contributed by atoms with van der Waals surface area (Å²) in [5.74, 6) is 1.01. The highest BCUT2D eigenvalue weighted by Gasteiger charge is 2.23. The zero-order chi connectivity index (χ0) is 12.4. The van der Waals surface area contributed by atoms with Gasteiger partial charge in [-0.15, -0.1) is 11.3 Å². The maximum atomic E-state index is 12.0. The van der Waals surface area contributed by atoms with Gasteiger partial charge in [-0.2, -0.15) is 0 Å². The van der Waals surface area contributed by atoms with Crippen LogP contribution >= 0.6 is 11.3 Å². The van der Waals surface area contributed by atoms with Crippen LogP contribution in [-0.2, 0) is 12.8 Å². The molecule has 2 aromatic rings. The van der Waals surface area contributed by atoms with Crippen molar-refractivity contribution in [3.63, 3.8) is 0 Å². The van der Waals surface area contributed by atoms with Crippen molar-refractivity contribution < 1.29 is 4.79 Å². The molecule has 1 aliphatic carbocycles. The van der Waals surface area contributed by atoms with Crippen LogP contribution < -0.4 is 0 Å². The molecule has 1 saturated carbocycles. The van der Waals surface area contributed by atoms with Crippen LogP contribution in [0.25, 0.3) is 0 Å². The Morgan fingerprint density at radius 2 is 2.06 bits per heavy atom. The number of Topliss-reactive ketones (excluding diaryl/α,β-unsaturated/α-hetero) is 1. The Morgan fingerprint density at radius 1 is 1.28 bits per heavy atom. The topological polar surface area (TPSA) is 30.0 Å². The molecule has 92 valence electrons. The van der Waals surface area contributed by atoms with E-state index in [2.05, 4.69) is 4.98 Å². The van der Waals surface area contributed by atoms with E-state index in [0.717, 1.165) is 23.6 Å². The first-order valence-electron chi connectivity index (χ1n) is 6.33. The average Bonchev–Trinajstić information content (AvgIpc) is 3.10. The van der Waals surface area contributed by atoms with Crippen molar-refractivity contribution in [2.75, 3.05) is 0 Å². The molecular weight excluding hydrogens is 242 g/mol. The normalized spacial score (nSPS) is 14.7. The predicted octanol–water partition coefficient (Wildman–Crippen LogP) is 3.52. The van der Waals surface area contributed by atoms with Crippen LogP contribution in [0, 0.1) is 5.92 Å². The Balaban J connectivity index is 1.65. The van der Waals surface area contributed by atoms with Gasteiger partial charge in [-0.3, -0.25) is 4.79 Å². The van der Waals surface area contributed by atoms with E-state index in [1.807, 2.05) is 35.7 Å². The van der Waals surface area contributed by atoms with Crippen molar-refractivity contribution in [2.24, 2.45) is 5.92 Å². The smallest absolute Gasteiger partial charge is 0.168 e. The maximum Gasteiger partial charge on any atom is 0.168 e. The molecule has 0 bridgehead atoms. The van der Waals surface area contributed by atoms with E-state index < -0.39 is 0 Å². The number of rotatable bonds is 5. The molecule has 1 aliphatic rings. The monoisotopic (exact) mass is 257 g/mol. The summed E-state index contributed by atoms with van der Waals surface area (Å²) < 4.78 is 0. The fourth-order valence-electron chi connectivity index (χ4n) is 1.98. The summed E-state index contributed by atoms with van der Waals surface area (Å²) in [5, 5.41) is 3.21. The summed E-state index contributed by atoms with van der Waals surface area (Å²) in [6.45, 7) is 0. The fourth-order valence-corrected chi connectivity index (χ4v) is 2.89. The summed E-state index contributed by atoms with van der Waals surface area (Å²) in [6.07, 6.45) is 4.21. The summed E-state index contributed by atoms with van der Waals surface area (Å²) in [4.78, 5) is 16.6. The molecule has 0 aliphatic heterocycles. The van der Waals surface area contributed by atoms with Crippen LogP contribution in [0.5, 0.6) is 0 Å². The third-order valence-corrected chi connectivity index (χ3v) is 4.12. The third-order valence-electron chi connectivity index (χ3n) is 3.20. The Labute approximate surface area is 111 Å². The van der Waals surface area contributed by atoms with E-state index in [1.54, 1.807) is 11.3 Å². The number of carbonyl (C=O) groups excluding carboxylic acids is 1. The highest BCUT2D eigenvalue weighted by atomic mass is 32.1. The number of carbonyl (C=O) groups is 1. The first-order chi connectivity index (χ1) is 8.81. The van der Waals surface area contributed by atoms with Crippen LogP contribution in [-0.4, -0.2) is 10.8 Å². The lowest BCUT2D eigenvalue weighted by molar-refractivity contribution is 0.0992. The van der Waals surface area contributed by atoms with Crippen LogP contribution in [0.4, 0.5) is 0 Å². The average molecular weight is 257 g/mol. The molecular formula is C15H15NOS. The second kappa shape index (κ2) is 5.02. The molecule has 18 heavy (non-hydrogen) atoms. The molecule has 0 unspecified atom stereocenters. The Hall–Kier alpha value is -1.48. The van der Waals surface area contributed by atoms with Gasteiger partial charge in [0.25, 0.3) is 0 Å². The molecule has 0 saturated heterocycles. The van der Waals surface area contributed by atoms with Gasteiger partial charge < -0.3 is 0 Å². The van der Waals surface area contributed by atoms with E-state index in [-0.39, 0.29) is 5.78 Å². The Bertz CT molecular complexity index is 543. The van der Waals surface area contributed by atoms with E-state index in [4.69, 9.17) is 0 Å². The van der Waals surface area contributed by atoms with Gasteiger partial charge in [0.05, 0.1) is 17.1 Å². The van der Waals surface area contributed by atoms with Crippen LogP contribution in [0.1, 0.15) is 33.9 Å². The van der Waals surface area contributed by atoms with Gasteiger partial charge in [0.2, 0.25) is 0 Å². The fraction of sp³-hybridized carbons (Fsp3) is 0.333. The number of ketones is 1. The molecule has 3 rings (SSSR count). The first kappa shape index (κ1) is 11.6. The quantitative estimate of drug-likeness (QED) is 0.767. The molecule has 1 aromatic carbocycles. The lowest BCUT2D eigenvalue weighted by Gasteiger charge is -1.97.